The zero-order valence-electron chi connectivity index (χ0n) is 13.4. The van der Waals surface area contributed by atoms with E-state index in [0.717, 1.165) is 12.1 Å². The molecule has 124 valence electrons. The van der Waals surface area contributed by atoms with E-state index in [9.17, 15) is 0 Å². The molecule has 1 rings (SSSR count). The number of hydrogen-bond acceptors (Lipinski definition) is 5. The lowest BCUT2D eigenvalue weighted by molar-refractivity contribution is 0.970. The third-order valence-electron chi connectivity index (χ3n) is 2.51. The maximum absolute atomic E-state index is 4.23. The normalized spacial score (nSPS) is 14.0. The Morgan fingerprint density at radius 2 is 1.48 bits per heavy atom. The van der Waals surface area contributed by atoms with Crippen LogP contribution >= 0.6 is 25.3 Å². The lowest BCUT2D eigenvalue weighted by Crippen LogP contribution is -2.18. The van der Waals surface area contributed by atoms with E-state index >= 15 is 0 Å². The van der Waals surface area contributed by atoms with Crippen molar-refractivity contribution in [2.24, 2.45) is 20.4 Å². The zero-order valence-corrected chi connectivity index (χ0v) is 15.1. The Bertz CT molecular complexity index is 609. The molecule has 0 aliphatic carbocycles. The number of nitrogens with zero attached hydrogens (tertiary/aromatic N) is 5. The summed E-state index contributed by atoms with van der Waals surface area (Å²) in [6.07, 6.45) is 3.36. The molecule has 0 spiro atoms. The second-order valence-corrected chi connectivity index (χ2v) is 5.12. The maximum Gasteiger partial charge on any atom is 0.180 e. The highest BCUT2D eigenvalue weighted by atomic mass is 32.1. The Morgan fingerprint density at radius 3 is 2.00 bits per heavy atom. The molecular formula is C14H21N7S2. The highest BCUT2D eigenvalue weighted by molar-refractivity contribution is 7.97. The molecule has 7 nitrogen and oxygen atoms in total. The molecule has 0 atom stereocenters. The van der Waals surface area contributed by atoms with Crippen molar-refractivity contribution in [1.29, 1.82) is 0 Å². The number of rotatable bonds is 6. The lowest BCUT2D eigenvalue weighted by atomic mass is 10.1. The molecule has 1 heterocycles. The van der Waals surface area contributed by atoms with Crippen LogP contribution < -0.4 is 10.6 Å². The largest absolute Gasteiger partial charge is 0.364 e. The first-order valence-electron chi connectivity index (χ1n) is 7.12. The fourth-order valence-electron chi connectivity index (χ4n) is 1.50. The van der Waals surface area contributed by atoms with Crippen LogP contribution in [0.2, 0.25) is 0 Å². The first kappa shape index (κ1) is 19.2. The predicted molar refractivity (Wildman–Crippen MR) is 104 cm³/mol. The van der Waals surface area contributed by atoms with E-state index in [1.807, 2.05) is 26.0 Å². The smallest absolute Gasteiger partial charge is 0.180 e. The Morgan fingerprint density at radius 1 is 0.957 bits per heavy atom. The Labute approximate surface area is 147 Å². The molecule has 0 radical (unpaired) electrons. The summed E-state index contributed by atoms with van der Waals surface area (Å²) in [6, 6.07) is 3.66. The quantitative estimate of drug-likeness (QED) is 0.273. The van der Waals surface area contributed by atoms with Crippen LogP contribution in [0, 0.1) is 0 Å². The topological polar surface area (TPSA) is 86.4 Å². The van der Waals surface area contributed by atoms with Gasteiger partial charge in [0.05, 0.1) is 5.71 Å². The van der Waals surface area contributed by atoms with E-state index in [4.69, 9.17) is 0 Å². The summed E-state index contributed by atoms with van der Waals surface area (Å²) in [5, 5.41) is 23.2. The lowest BCUT2D eigenvalue weighted by Gasteiger charge is -2.04. The average molecular weight is 352 g/mol. The van der Waals surface area contributed by atoms with Crippen molar-refractivity contribution in [2.45, 2.75) is 20.8 Å². The van der Waals surface area contributed by atoms with Gasteiger partial charge in [0, 0.05) is 31.0 Å². The van der Waals surface area contributed by atoms with Gasteiger partial charge >= 0.3 is 0 Å². The summed E-state index contributed by atoms with van der Waals surface area (Å²) in [7, 11) is 0. The Balaban J connectivity index is 3.14. The molecule has 0 saturated carbocycles. The van der Waals surface area contributed by atoms with Gasteiger partial charge in [-0.3, -0.25) is 4.98 Å². The highest BCUT2D eigenvalue weighted by Gasteiger charge is 2.08. The van der Waals surface area contributed by atoms with E-state index in [1.54, 1.807) is 19.3 Å². The fourth-order valence-corrected chi connectivity index (χ4v) is 1.91. The van der Waals surface area contributed by atoms with Crippen molar-refractivity contribution in [1.82, 2.24) is 15.6 Å². The third-order valence-corrected chi connectivity index (χ3v) is 3.00. The minimum absolute atomic E-state index is 0.429. The minimum atomic E-state index is 0.429. The van der Waals surface area contributed by atoms with Crippen LogP contribution in [0.4, 0.5) is 0 Å². The summed E-state index contributed by atoms with van der Waals surface area (Å²) < 4.78 is 0. The van der Waals surface area contributed by atoms with Crippen LogP contribution in [0.3, 0.4) is 0 Å². The van der Waals surface area contributed by atoms with Crippen LogP contribution in [-0.2, 0) is 0 Å². The van der Waals surface area contributed by atoms with Crippen molar-refractivity contribution in [3.63, 3.8) is 0 Å². The number of pyridine rings is 1. The van der Waals surface area contributed by atoms with Gasteiger partial charge in [-0.05, 0) is 32.9 Å². The molecule has 0 saturated heterocycles. The molecule has 1 aromatic heterocycles. The summed E-state index contributed by atoms with van der Waals surface area (Å²) in [5.41, 5.74) is 2.02. The second-order valence-electron chi connectivity index (χ2n) is 4.28. The van der Waals surface area contributed by atoms with Gasteiger partial charge in [-0.1, -0.05) is 0 Å². The third kappa shape index (κ3) is 7.29. The molecule has 0 fully saturated rings. The van der Waals surface area contributed by atoms with Gasteiger partial charge in [0.25, 0.3) is 0 Å². The monoisotopic (exact) mass is 351 g/mol. The van der Waals surface area contributed by atoms with Crippen molar-refractivity contribution in [3.8, 4) is 0 Å². The standard InChI is InChI=1S/C14H21N7S2/c1-4-16-13(22)20-18-10(3)12(11-6-8-15-9-7-11)19-21-14(23)17-5-2/h6-9H,4-5H2,1-3H3,(H2,16,20,22)(H2,17,21,23)/b18-10+,19-12-. The predicted octanol–water partition coefficient (Wildman–Crippen LogP) is 1.95. The van der Waals surface area contributed by atoms with Crippen molar-refractivity contribution >= 4 is 47.0 Å². The molecule has 0 aliphatic rings. The highest BCUT2D eigenvalue weighted by Crippen LogP contribution is 2.04. The summed E-state index contributed by atoms with van der Waals surface area (Å²) in [4.78, 5) is 4.00. The summed E-state index contributed by atoms with van der Waals surface area (Å²) in [5.74, 6) is 0. The SMILES string of the molecule is CCN/C(S)=N/N=C(C)/C(=N/N=C(\S)NCC)c1ccncc1. The Hall–Kier alpha value is -1.87. The molecule has 0 amide bonds. The number of thiol groups is 2. The van der Waals surface area contributed by atoms with Crippen LogP contribution in [0.5, 0.6) is 0 Å². The van der Waals surface area contributed by atoms with E-state index in [1.165, 1.54) is 0 Å². The van der Waals surface area contributed by atoms with E-state index < -0.39 is 0 Å². The molecule has 0 aliphatic heterocycles. The average Bonchev–Trinajstić information content (AvgIpc) is 2.54. The van der Waals surface area contributed by atoms with Crippen LogP contribution in [0.15, 0.2) is 44.9 Å². The molecule has 23 heavy (non-hydrogen) atoms. The van der Waals surface area contributed by atoms with E-state index in [-0.39, 0.29) is 0 Å². The second kappa shape index (κ2) is 10.8. The van der Waals surface area contributed by atoms with Gasteiger partial charge in [-0.15, -0.1) is 40.6 Å². The number of hydrogen-bond donors (Lipinski definition) is 4. The van der Waals surface area contributed by atoms with E-state index in [0.29, 0.717) is 28.3 Å². The number of nitrogens with one attached hydrogen (secondary N) is 2. The van der Waals surface area contributed by atoms with Gasteiger partial charge < -0.3 is 10.6 Å². The number of aromatic nitrogens is 1. The van der Waals surface area contributed by atoms with Crippen molar-refractivity contribution < 1.29 is 0 Å². The van der Waals surface area contributed by atoms with Gasteiger partial charge in [-0.25, -0.2) is 0 Å². The van der Waals surface area contributed by atoms with Crippen molar-refractivity contribution in [2.75, 3.05) is 13.1 Å². The molecular weight excluding hydrogens is 330 g/mol. The van der Waals surface area contributed by atoms with Crippen LogP contribution in [0.25, 0.3) is 0 Å². The van der Waals surface area contributed by atoms with E-state index in [2.05, 4.69) is 61.3 Å². The van der Waals surface area contributed by atoms with Crippen LogP contribution in [-0.4, -0.2) is 39.8 Å². The van der Waals surface area contributed by atoms with Crippen LogP contribution in [0.1, 0.15) is 26.3 Å². The minimum Gasteiger partial charge on any atom is -0.364 e. The fraction of sp³-hybridized carbons (Fsp3) is 0.357. The van der Waals surface area contributed by atoms with Crippen molar-refractivity contribution in [3.05, 3.63) is 30.1 Å². The van der Waals surface area contributed by atoms with Gasteiger partial charge in [0.1, 0.15) is 5.71 Å². The van der Waals surface area contributed by atoms with Gasteiger partial charge in [0.15, 0.2) is 10.3 Å². The molecule has 0 unspecified atom stereocenters. The maximum atomic E-state index is 4.23. The Kier molecular flexibility index (Phi) is 9.00. The van der Waals surface area contributed by atoms with Gasteiger partial charge in [0.2, 0.25) is 0 Å². The first-order chi connectivity index (χ1) is 11.1. The van der Waals surface area contributed by atoms with Gasteiger partial charge in [-0.2, -0.15) is 5.10 Å². The molecule has 2 N–H and O–H groups in total. The molecule has 9 heteroatoms. The summed E-state index contributed by atoms with van der Waals surface area (Å²) >= 11 is 8.39. The molecule has 0 bridgehead atoms. The summed E-state index contributed by atoms with van der Waals surface area (Å²) in [6.45, 7) is 7.14. The molecule has 1 aromatic rings. The first-order valence-corrected chi connectivity index (χ1v) is 8.02. The molecule has 0 aromatic carbocycles. The zero-order chi connectivity index (χ0) is 17.1. The number of amidine groups is 2.